The number of benzene rings is 1. The van der Waals surface area contributed by atoms with E-state index >= 15 is 0 Å². The lowest BCUT2D eigenvalue weighted by Gasteiger charge is -2.05. The van der Waals surface area contributed by atoms with Crippen molar-refractivity contribution in [2.45, 2.75) is 12.7 Å². The Morgan fingerprint density at radius 2 is 1.95 bits per heavy atom. The Labute approximate surface area is 111 Å². The van der Waals surface area contributed by atoms with Crippen LogP contribution < -0.4 is 5.32 Å². The van der Waals surface area contributed by atoms with Gasteiger partial charge in [-0.05, 0) is 6.07 Å². The van der Waals surface area contributed by atoms with Gasteiger partial charge in [0.2, 0.25) is 0 Å². The molecule has 1 aromatic heterocycles. The minimum Gasteiger partial charge on any atom is -0.301 e. The zero-order chi connectivity index (χ0) is 14.8. The molecule has 8 heteroatoms. The van der Waals surface area contributed by atoms with Crippen LogP contribution in [0.15, 0.2) is 36.5 Å². The van der Waals surface area contributed by atoms with Crippen molar-refractivity contribution in [3.05, 3.63) is 47.9 Å². The summed E-state index contributed by atoms with van der Waals surface area (Å²) in [5.74, 6) is -2.79. The average molecular weight is 287 g/mol. The minimum absolute atomic E-state index is 0.0502. The number of nitrogens with one attached hydrogen (secondary N) is 1. The number of hydrogen-bond donors (Lipinski definition) is 1. The number of nitrogens with zero attached hydrogens (tertiary/aromatic N) is 2. The first kappa shape index (κ1) is 14.0. The van der Waals surface area contributed by atoms with E-state index in [0.717, 1.165) is 0 Å². The second-order valence-corrected chi connectivity index (χ2v) is 3.94. The number of amides is 1. The fraction of sp³-hybridized carbons (Fsp3) is 0.167. The molecule has 0 aliphatic heterocycles. The van der Waals surface area contributed by atoms with Gasteiger partial charge in [0.1, 0.15) is 5.82 Å². The summed E-state index contributed by atoms with van der Waals surface area (Å²) in [4.78, 5) is 10.7. The predicted molar refractivity (Wildman–Crippen MR) is 62.4 cm³/mol. The molecule has 0 bridgehead atoms. The Morgan fingerprint density at radius 3 is 2.60 bits per heavy atom. The molecule has 0 radical (unpaired) electrons. The van der Waals surface area contributed by atoms with Crippen LogP contribution >= 0.6 is 0 Å². The molecule has 0 aliphatic rings. The van der Waals surface area contributed by atoms with Gasteiger partial charge in [-0.3, -0.25) is 9.48 Å². The molecule has 1 N–H and O–H groups in total. The number of carbonyl (C=O) groups is 1. The third-order valence-corrected chi connectivity index (χ3v) is 2.43. The van der Waals surface area contributed by atoms with E-state index in [9.17, 15) is 22.4 Å². The van der Waals surface area contributed by atoms with E-state index in [1.54, 1.807) is 11.4 Å². The first-order valence-electron chi connectivity index (χ1n) is 5.51. The molecule has 0 saturated heterocycles. The monoisotopic (exact) mass is 287 g/mol. The third kappa shape index (κ3) is 3.34. The van der Waals surface area contributed by atoms with E-state index in [1.807, 2.05) is 0 Å². The van der Waals surface area contributed by atoms with Crippen LogP contribution in [-0.2, 0) is 11.3 Å². The number of carbonyl (C=O) groups excluding carboxylic acids is 1. The molecule has 0 atom stereocenters. The van der Waals surface area contributed by atoms with Crippen LogP contribution in [0.4, 0.5) is 23.4 Å². The lowest BCUT2D eigenvalue weighted by molar-refractivity contribution is -0.167. The van der Waals surface area contributed by atoms with Crippen molar-refractivity contribution in [2.24, 2.45) is 0 Å². The minimum atomic E-state index is -4.98. The van der Waals surface area contributed by atoms with Crippen LogP contribution in [0.5, 0.6) is 0 Å². The number of alkyl halides is 3. The van der Waals surface area contributed by atoms with Crippen molar-refractivity contribution in [3.8, 4) is 0 Å². The smallest absolute Gasteiger partial charge is 0.301 e. The molecule has 1 heterocycles. The maximum atomic E-state index is 13.4. The number of rotatable bonds is 3. The number of hydrogen-bond acceptors (Lipinski definition) is 2. The van der Waals surface area contributed by atoms with Gasteiger partial charge in [-0.2, -0.15) is 18.3 Å². The molecule has 0 saturated carbocycles. The van der Waals surface area contributed by atoms with Gasteiger partial charge in [0, 0.05) is 17.8 Å². The number of anilines is 1. The highest BCUT2D eigenvalue weighted by atomic mass is 19.4. The van der Waals surface area contributed by atoms with E-state index in [4.69, 9.17) is 0 Å². The highest BCUT2D eigenvalue weighted by molar-refractivity contribution is 5.94. The van der Waals surface area contributed by atoms with E-state index in [-0.39, 0.29) is 12.4 Å². The predicted octanol–water partition coefficient (Wildman–Crippen LogP) is 2.57. The first-order valence-corrected chi connectivity index (χ1v) is 5.51. The molecular weight excluding hydrogens is 278 g/mol. The van der Waals surface area contributed by atoms with Gasteiger partial charge in [0.05, 0.1) is 6.54 Å². The molecule has 1 amide bonds. The number of halogens is 4. The lowest BCUT2D eigenvalue weighted by atomic mass is 10.2. The second-order valence-electron chi connectivity index (χ2n) is 3.94. The normalized spacial score (nSPS) is 11.4. The van der Waals surface area contributed by atoms with Gasteiger partial charge < -0.3 is 5.32 Å². The van der Waals surface area contributed by atoms with Crippen LogP contribution in [0.1, 0.15) is 5.56 Å². The summed E-state index contributed by atoms with van der Waals surface area (Å²) in [6.45, 7) is 0.0502. The molecule has 2 rings (SSSR count). The zero-order valence-electron chi connectivity index (χ0n) is 9.99. The van der Waals surface area contributed by atoms with Gasteiger partial charge in [0.25, 0.3) is 0 Å². The fourth-order valence-corrected chi connectivity index (χ4v) is 1.50. The van der Waals surface area contributed by atoms with Crippen LogP contribution in [-0.4, -0.2) is 21.9 Å². The molecule has 4 nitrogen and oxygen atoms in total. The summed E-state index contributed by atoms with van der Waals surface area (Å²) < 4.78 is 50.8. The summed E-state index contributed by atoms with van der Waals surface area (Å²) in [5, 5.41) is 5.33. The first-order chi connectivity index (χ1) is 9.36. The Balaban J connectivity index is 2.07. The van der Waals surface area contributed by atoms with Crippen molar-refractivity contribution in [1.82, 2.24) is 9.78 Å². The summed E-state index contributed by atoms with van der Waals surface area (Å²) in [6.07, 6.45) is -3.63. The largest absolute Gasteiger partial charge is 0.471 e. The summed E-state index contributed by atoms with van der Waals surface area (Å²) in [6, 6.07) is 7.16. The summed E-state index contributed by atoms with van der Waals surface area (Å²) >= 11 is 0. The molecule has 2 aromatic rings. The maximum absolute atomic E-state index is 13.4. The fourth-order valence-electron chi connectivity index (χ4n) is 1.50. The SMILES string of the molecule is O=C(Nc1ccn(Cc2ccccc2F)n1)C(F)(F)F. The van der Waals surface area contributed by atoms with Gasteiger partial charge in [0.15, 0.2) is 5.82 Å². The van der Waals surface area contributed by atoms with E-state index < -0.39 is 17.9 Å². The van der Waals surface area contributed by atoms with Crippen molar-refractivity contribution >= 4 is 11.7 Å². The van der Waals surface area contributed by atoms with Crippen LogP contribution in [0.2, 0.25) is 0 Å². The third-order valence-electron chi connectivity index (χ3n) is 2.43. The standard InChI is InChI=1S/C12H9F4N3O/c13-9-4-2-1-3-8(9)7-19-6-5-10(18-19)17-11(20)12(14,15)16/h1-6H,7H2,(H,17,18,20). The Kier molecular flexibility index (Phi) is 3.73. The van der Waals surface area contributed by atoms with Crippen LogP contribution in [0.3, 0.4) is 0 Å². The molecular formula is C12H9F4N3O. The molecule has 106 valence electrons. The van der Waals surface area contributed by atoms with E-state index in [0.29, 0.717) is 5.56 Å². The van der Waals surface area contributed by atoms with Crippen LogP contribution in [0, 0.1) is 5.82 Å². The summed E-state index contributed by atoms with van der Waals surface area (Å²) in [7, 11) is 0. The Bertz CT molecular complexity index is 621. The molecule has 0 aliphatic carbocycles. The van der Waals surface area contributed by atoms with Crippen molar-refractivity contribution < 1.29 is 22.4 Å². The maximum Gasteiger partial charge on any atom is 0.471 e. The summed E-state index contributed by atoms with van der Waals surface area (Å²) in [5.41, 5.74) is 0.337. The van der Waals surface area contributed by atoms with Crippen molar-refractivity contribution in [2.75, 3.05) is 5.32 Å². The highest BCUT2D eigenvalue weighted by Crippen LogP contribution is 2.17. The van der Waals surface area contributed by atoms with Gasteiger partial charge >= 0.3 is 12.1 Å². The topological polar surface area (TPSA) is 46.9 Å². The van der Waals surface area contributed by atoms with Gasteiger partial charge in [-0.1, -0.05) is 18.2 Å². The van der Waals surface area contributed by atoms with Crippen molar-refractivity contribution in [3.63, 3.8) is 0 Å². The molecule has 0 unspecified atom stereocenters. The quantitative estimate of drug-likeness (QED) is 0.882. The number of aromatic nitrogens is 2. The van der Waals surface area contributed by atoms with E-state index in [1.165, 1.54) is 35.1 Å². The molecule has 0 fully saturated rings. The van der Waals surface area contributed by atoms with Crippen LogP contribution in [0.25, 0.3) is 0 Å². The lowest BCUT2D eigenvalue weighted by Crippen LogP contribution is -2.30. The Hall–Kier alpha value is -2.38. The van der Waals surface area contributed by atoms with Gasteiger partial charge in [-0.25, -0.2) is 4.39 Å². The zero-order valence-corrected chi connectivity index (χ0v) is 9.99. The second kappa shape index (κ2) is 5.32. The van der Waals surface area contributed by atoms with Gasteiger partial charge in [-0.15, -0.1) is 0 Å². The molecule has 0 spiro atoms. The molecule has 1 aromatic carbocycles. The molecule has 20 heavy (non-hydrogen) atoms. The average Bonchev–Trinajstić information content (AvgIpc) is 2.78. The van der Waals surface area contributed by atoms with E-state index in [2.05, 4.69) is 5.10 Å². The van der Waals surface area contributed by atoms with Crippen molar-refractivity contribution in [1.29, 1.82) is 0 Å². The Morgan fingerprint density at radius 1 is 1.25 bits per heavy atom. The highest BCUT2D eigenvalue weighted by Gasteiger charge is 2.39.